The first-order valence-corrected chi connectivity index (χ1v) is 16.4. The Balaban J connectivity index is 1.31. The Morgan fingerprint density at radius 3 is 1.98 bits per heavy atom. The van der Waals surface area contributed by atoms with Gasteiger partial charge in [-0.25, -0.2) is 0 Å². The third-order valence-corrected chi connectivity index (χ3v) is 9.72. The predicted molar refractivity (Wildman–Crippen MR) is 201 cm³/mol. The predicted octanol–water partition coefficient (Wildman–Crippen LogP) is 12.1. The lowest BCUT2D eigenvalue weighted by molar-refractivity contribution is 1.18. The van der Waals surface area contributed by atoms with Gasteiger partial charge in [0.2, 0.25) is 0 Å². The number of para-hydroxylation sites is 1. The van der Waals surface area contributed by atoms with Crippen LogP contribution in [-0.4, -0.2) is 9.55 Å². The molecule has 0 N–H and O–H groups in total. The average molecular weight is 612 g/mol. The van der Waals surface area contributed by atoms with Crippen molar-refractivity contribution in [1.82, 2.24) is 9.55 Å². The smallest absolute Gasteiger partial charge is 0.0702 e. The molecule has 0 unspecified atom stereocenters. The van der Waals surface area contributed by atoms with E-state index in [-0.39, 0.29) is 0 Å². The van der Waals surface area contributed by atoms with Gasteiger partial charge in [-0.05, 0) is 88.8 Å². The molecular weight excluding hydrogens is 583 g/mol. The molecule has 0 fully saturated rings. The molecule has 2 aromatic heterocycles. The maximum atomic E-state index is 4.68. The van der Waals surface area contributed by atoms with Gasteiger partial charge in [-0.2, -0.15) is 0 Å². The first-order chi connectivity index (χ1) is 23.8. The second kappa shape index (κ2) is 10.5. The van der Waals surface area contributed by atoms with Gasteiger partial charge in [0.1, 0.15) is 0 Å². The zero-order valence-electron chi connectivity index (χ0n) is 26.1. The van der Waals surface area contributed by atoms with E-state index >= 15 is 0 Å². The number of pyridine rings is 1. The molecule has 3 nitrogen and oxygen atoms in total. The van der Waals surface area contributed by atoms with Crippen LogP contribution in [0.5, 0.6) is 0 Å². The van der Waals surface area contributed by atoms with E-state index < -0.39 is 0 Å². The average Bonchev–Trinajstić information content (AvgIpc) is 3.48. The van der Waals surface area contributed by atoms with Gasteiger partial charge in [-0.3, -0.25) is 4.98 Å². The Kier molecular flexibility index (Phi) is 5.87. The quantitative estimate of drug-likeness (QED) is 0.197. The molecule has 0 bridgehead atoms. The highest BCUT2D eigenvalue weighted by Gasteiger charge is 2.28. The highest BCUT2D eigenvalue weighted by atomic mass is 15.2. The summed E-state index contributed by atoms with van der Waals surface area (Å²) in [6, 6.07) is 61.3. The zero-order chi connectivity index (χ0) is 31.6. The molecule has 7 aromatic carbocycles. The van der Waals surface area contributed by atoms with Gasteiger partial charge in [0.25, 0.3) is 0 Å². The normalized spacial score (nSPS) is 12.1. The second-order valence-electron chi connectivity index (χ2n) is 12.4. The molecule has 0 saturated heterocycles. The molecule has 0 atom stereocenters. The third-order valence-electron chi connectivity index (χ3n) is 9.72. The largest absolute Gasteiger partial charge is 0.309 e. The van der Waals surface area contributed by atoms with Crippen molar-refractivity contribution in [2.75, 3.05) is 4.90 Å². The molecule has 224 valence electrons. The summed E-state index contributed by atoms with van der Waals surface area (Å²) in [5, 5.41) is 4.95. The zero-order valence-corrected chi connectivity index (χ0v) is 26.1. The van der Waals surface area contributed by atoms with Crippen LogP contribution in [0.15, 0.2) is 176 Å². The molecule has 1 aliphatic rings. The maximum Gasteiger partial charge on any atom is 0.0702 e. The van der Waals surface area contributed by atoms with Gasteiger partial charge in [0.05, 0.1) is 28.1 Å². The van der Waals surface area contributed by atoms with Crippen LogP contribution >= 0.6 is 0 Å². The number of benzene rings is 7. The van der Waals surface area contributed by atoms with Crippen LogP contribution in [0.25, 0.3) is 71.8 Å². The number of aromatic nitrogens is 2. The molecule has 48 heavy (non-hydrogen) atoms. The fourth-order valence-electron chi connectivity index (χ4n) is 7.60. The van der Waals surface area contributed by atoms with Gasteiger partial charge < -0.3 is 9.47 Å². The van der Waals surface area contributed by atoms with E-state index in [0.29, 0.717) is 0 Å². The van der Waals surface area contributed by atoms with Gasteiger partial charge in [-0.15, -0.1) is 0 Å². The summed E-state index contributed by atoms with van der Waals surface area (Å²) in [4.78, 5) is 7.14. The minimum Gasteiger partial charge on any atom is -0.309 e. The van der Waals surface area contributed by atoms with E-state index in [1.165, 1.54) is 66.2 Å². The van der Waals surface area contributed by atoms with Crippen LogP contribution in [0.2, 0.25) is 0 Å². The summed E-state index contributed by atoms with van der Waals surface area (Å²) in [6.07, 6.45) is 1.86. The van der Waals surface area contributed by atoms with Crippen molar-refractivity contribution in [3.8, 4) is 39.2 Å². The highest BCUT2D eigenvalue weighted by molar-refractivity contribution is 6.19. The number of hydrogen-bond acceptors (Lipinski definition) is 2. The van der Waals surface area contributed by atoms with E-state index in [2.05, 4.69) is 178 Å². The molecule has 0 radical (unpaired) electrons. The maximum absolute atomic E-state index is 4.68. The lowest BCUT2D eigenvalue weighted by Gasteiger charge is -2.34. The number of anilines is 3. The van der Waals surface area contributed by atoms with E-state index in [9.17, 15) is 0 Å². The van der Waals surface area contributed by atoms with Crippen LogP contribution in [0, 0.1) is 0 Å². The second-order valence-corrected chi connectivity index (χ2v) is 12.4. The number of rotatable bonds is 4. The van der Waals surface area contributed by atoms with Gasteiger partial charge in [-0.1, -0.05) is 103 Å². The van der Waals surface area contributed by atoms with Crippen LogP contribution in [-0.2, 0) is 0 Å². The summed E-state index contributed by atoms with van der Waals surface area (Å²) in [5.74, 6) is 0. The van der Waals surface area contributed by atoms with Crippen LogP contribution < -0.4 is 4.90 Å². The molecule has 0 saturated carbocycles. The fourth-order valence-corrected chi connectivity index (χ4v) is 7.60. The Morgan fingerprint density at radius 2 is 1.15 bits per heavy atom. The van der Waals surface area contributed by atoms with Crippen molar-refractivity contribution in [1.29, 1.82) is 0 Å². The molecule has 3 heteroatoms. The van der Waals surface area contributed by atoms with E-state index in [1.54, 1.807) is 0 Å². The van der Waals surface area contributed by atoms with E-state index in [1.807, 2.05) is 12.3 Å². The summed E-state index contributed by atoms with van der Waals surface area (Å²) < 4.78 is 2.41. The molecular formula is C45H29N3. The molecule has 3 heterocycles. The minimum atomic E-state index is 0.973. The summed E-state index contributed by atoms with van der Waals surface area (Å²) in [6.45, 7) is 0. The molecule has 0 amide bonds. The topological polar surface area (TPSA) is 21.1 Å². The van der Waals surface area contributed by atoms with Crippen molar-refractivity contribution >= 4 is 49.6 Å². The van der Waals surface area contributed by atoms with Gasteiger partial charge in [0.15, 0.2) is 0 Å². The van der Waals surface area contributed by atoms with Crippen molar-refractivity contribution < 1.29 is 0 Å². The van der Waals surface area contributed by atoms with Crippen LogP contribution in [0.1, 0.15) is 0 Å². The molecule has 9 aromatic rings. The molecule has 0 aliphatic carbocycles. The Morgan fingerprint density at radius 1 is 0.417 bits per heavy atom. The molecule has 0 spiro atoms. The fraction of sp³-hybridized carbons (Fsp3) is 0. The van der Waals surface area contributed by atoms with Crippen LogP contribution in [0.4, 0.5) is 17.1 Å². The Labute approximate surface area is 278 Å². The summed E-state index contributed by atoms with van der Waals surface area (Å²) >= 11 is 0. The standard InChI is InChI=1S/C45H29N3/c1-3-12-30(13-4-1)32-16-9-19-35(26-32)48-42-22-11-15-31-14-10-20-36(45(31)42)38-28-39-37-27-33(40-21-7-8-25-46-40)23-24-41(37)47(44(39)29-43(38)48)34-17-5-2-6-18-34/h1-29H. The Bertz CT molecular complexity index is 2650. The third kappa shape index (κ3) is 4.04. The number of hydrogen-bond donors (Lipinski definition) is 0. The van der Waals surface area contributed by atoms with Crippen LogP contribution in [0.3, 0.4) is 0 Å². The van der Waals surface area contributed by atoms with Crippen molar-refractivity contribution in [3.63, 3.8) is 0 Å². The summed E-state index contributed by atoms with van der Waals surface area (Å²) in [7, 11) is 0. The van der Waals surface area contributed by atoms with E-state index in [0.717, 1.165) is 22.6 Å². The lowest BCUT2D eigenvalue weighted by Crippen LogP contribution is -2.15. The van der Waals surface area contributed by atoms with Gasteiger partial charge >= 0.3 is 0 Å². The monoisotopic (exact) mass is 611 g/mol. The van der Waals surface area contributed by atoms with Crippen molar-refractivity contribution in [2.24, 2.45) is 0 Å². The van der Waals surface area contributed by atoms with E-state index in [4.69, 9.17) is 0 Å². The SMILES string of the molecule is c1ccc(-c2cccc(N3c4cc5c(cc4-c4cccc6cccc3c46)c3cc(-c4ccccn4)ccc3n5-c3ccccc3)c2)cc1. The minimum absolute atomic E-state index is 0.973. The highest BCUT2D eigenvalue weighted by Crippen LogP contribution is 2.53. The number of fused-ring (bicyclic) bond motifs is 5. The van der Waals surface area contributed by atoms with Crippen molar-refractivity contribution in [3.05, 3.63) is 176 Å². The first kappa shape index (κ1) is 26.7. The number of nitrogens with zero attached hydrogens (tertiary/aromatic N) is 3. The first-order valence-electron chi connectivity index (χ1n) is 16.4. The van der Waals surface area contributed by atoms with Gasteiger partial charge in [0, 0.05) is 44.9 Å². The molecule has 1 aliphatic heterocycles. The lowest BCUT2D eigenvalue weighted by atomic mass is 9.89. The Hall–Kier alpha value is -6.45. The summed E-state index contributed by atoms with van der Waals surface area (Å²) in [5.41, 5.74) is 14.0. The van der Waals surface area contributed by atoms with Crippen molar-refractivity contribution in [2.45, 2.75) is 0 Å². The molecule has 10 rings (SSSR count).